The Morgan fingerprint density at radius 3 is 2.26 bits per heavy atom. The predicted octanol–water partition coefficient (Wildman–Crippen LogP) is 1.70. The average Bonchev–Trinajstić information content (AvgIpc) is 2.19. The van der Waals surface area contributed by atoms with Crippen molar-refractivity contribution in [2.24, 2.45) is 0 Å². The monoisotopic (exact) mass is 274 g/mol. The highest BCUT2D eigenvalue weighted by Crippen LogP contribution is 2.07. The Labute approximate surface area is 115 Å². The number of aliphatic carboxylic acids is 1. The van der Waals surface area contributed by atoms with Crippen LogP contribution < -0.4 is 5.32 Å². The molecule has 0 aromatic heterocycles. The molecular formula is C13H26N2O4. The molecule has 0 aliphatic heterocycles. The lowest BCUT2D eigenvalue weighted by Crippen LogP contribution is -2.36. The Hall–Kier alpha value is -1.30. The van der Waals surface area contributed by atoms with E-state index in [0.29, 0.717) is 13.0 Å². The largest absolute Gasteiger partial charge is 0.480 e. The third-order valence-corrected chi connectivity index (χ3v) is 2.48. The van der Waals surface area contributed by atoms with Crippen molar-refractivity contribution in [2.75, 3.05) is 20.6 Å². The number of ether oxygens (including phenoxy) is 1. The van der Waals surface area contributed by atoms with Gasteiger partial charge in [-0.05, 0) is 54.1 Å². The average molecular weight is 274 g/mol. The van der Waals surface area contributed by atoms with E-state index in [1.165, 1.54) is 0 Å². The number of alkyl carbamates (subject to hydrolysis) is 1. The number of hydrogen-bond donors (Lipinski definition) is 2. The van der Waals surface area contributed by atoms with Crippen molar-refractivity contribution in [3.8, 4) is 0 Å². The molecule has 0 aliphatic rings. The zero-order valence-electron chi connectivity index (χ0n) is 12.5. The van der Waals surface area contributed by atoms with Gasteiger partial charge in [0, 0.05) is 6.54 Å². The van der Waals surface area contributed by atoms with Crippen molar-refractivity contribution in [2.45, 2.75) is 51.7 Å². The number of carboxylic acid groups (broad SMARTS) is 1. The second kappa shape index (κ2) is 7.99. The number of amides is 1. The summed E-state index contributed by atoms with van der Waals surface area (Å²) in [5.41, 5.74) is -0.497. The molecule has 1 unspecified atom stereocenters. The third-order valence-electron chi connectivity index (χ3n) is 2.48. The van der Waals surface area contributed by atoms with Crippen LogP contribution in [0, 0.1) is 0 Å². The van der Waals surface area contributed by atoms with Gasteiger partial charge in [0.2, 0.25) is 0 Å². The highest BCUT2D eigenvalue weighted by Gasteiger charge is 2.19. The first-order chi connectivity index (χ1) is 8.63. The van der Waals surface area contributed by atoms with Crippen molar-refractivity contribution >= 4 is 12.1 Å². The molecule has 112 valence electrons. The number of hydrogen-bond acceptors (Lipinski definition) is 4. The second-order valence-corrected chi connectivity index (χ2v) is 5.74. The number of nitrogens with one attached hydrogen (secondary N) is 1. The Morgan fingerprint density at radius 1 is 1.26 bits per heavy atom. The molecule has 0 radical (unpaired) electrons. The van der Waals surface area contributed by atoms with Crippen molar-refractivity contribution < 1.29 is 19.4 Å². The summed E-state index contributed by atoms with van der Waals surface area (Å²) in [5.74, 6) is -0.815. The van der Waals surface area contributed by atoms with Crippen LogP contribution in [0.2, 0.25) is 0 Å². The molecule has 0 aromatic carbocycles. The normalized spacial score (nSPS) is 13.2. The van der Waals surface area contributed by atoms with Gasteiger partial charge in [0.15, 0.2) is 0 Å². The highest BCUT2D eigenvalue weighted by atomic mass is 16.6. The van der Waals surface area contributed by atoms with Gasteiger partial charge in [0.25, 0.3) is 0 Å². The van der Waals surface area contributed by atoms with Crippen LogP contribution in [-0.2, 0) is 9.53 Å². The van der Waals surface area contributed by atoms with Crippen LogP contribution in [0.3, 0.4) is 0 Å². The molecule has 0 fully saturated rings. The number of carbonyl (C=O) groups is 2. The summed E-state index contributed by atoms with van der Waals surface area (Å²) in [4.78, 5) is 24.0. The molecule has 6 heteroatoms. The third kappa shape index (κ3) is 9.30. The highest BCUT2D eigenvalue weighted by molar-refractivity contribution is 5.73. The first kappa shape index (κ1) is 17.7. The number of carboxylic acids is 1. The van der Waals surface area contributed by atoms with Crippen LogP contribution in [0.15, 0.2) is 0 Å². The van der Waals surface area contributed by atoms with Crippen LogP contribution in [0.25, 0.3) is 0 Å². The summed E-state index contributed by atoms with van der Waals surface area (Å²) in [7, 11) is 3.50. The molecule has 0 aliphatic carbocycles. The van der Waals surface area contributed by atoms with Crippen molar-refractivity contribution in [3.63, 3.8) is 0 Å². The van der Waals surface area contributed by atoms with E-state index in [-0.39, 0.29) is 0 Å². The lowest BCUT2D eigenvalue weighted by atomic mass is 10.1. The van der Waals surface area contributed by atoms with Gasteiger partial charge in [-0.2, -0.15) is 0 Å². The van der Waals surface area contributed by atoms with Crippen LogP contribution in [-0.4, -0.2) is 54.4 Å². The molecule has 0 spiro atoms. The SMILES string of the molecule is CN(C)C(CCCCNC(=O)OC(C)(C)C)C(=O)O. The van der Waals surface area contributed by atoms with Gasteiger partial charge in [-0.25, -0.2) is 4.79 Å². The number of unbranched alkanes of at least 4 members (excludes halogenated alkanes) is 1. The van der Waals surface area contributed by atoms with E-state index in [1.807, 2.05) is 0 Å². The van der Waals surface area contributed by atoms with Crippen LogP contribution >= 0.6 is 0 Å². The minimum atomic E-state index is -0.815. The van der Waals surface area contributed by atoms with E-state index in [4.69, 9.17) is 9.84 Å². The molecule has 0 rings (SSSR count). The summed E-state index contributed by atoms with van der Waals surface area (Å²) in [5, 5.41) is 11.6. The fourth-order valence-electron chi connectivity index (χ4n) is 1.57. The van der Waals surface area contributed by atoms with Crippen molar-refractivity contribution in [1.29, 1.82) is 0 Å². The van der Waals surface area contributed by atoms with Crippen LogP contribution in [0.1, 0.15) is 40.0 Å². The smallest absolute Gasteiger partial charge is 0.407 e. The zero-order valence-corrected chi connectivity index (χ0v) is 12.5. The van der Waals surface area contributed by atoms with Gasteiger partial charge in [0.05, 0.1) is 0 Å². The molecule has 1 atom stereocenters. The molecule has 0 aromatic rings. The van der Waals surface area contributed by atoms with E-state index in [0.717, 1.165) is 12.8 Å². The molecule has 0 saturated carbocycles. The molecule has 2 N–H and O–H groups in total. The summed E-state index contributed by atoms with van der Waals surface area (Å²) in [6, 6.07) is -0.471. The fourth-order valence-corrected chi connectivity index (χ4v) is 1.57. The van der Waals surface area contributed by atoms with E-state index < -0.39 is 23.7 Å². The number of nitrogens with zero attached hydrogens (tertiary/aromatic N) is 1. The predicted molar refractivity (Wildman–Crippen MR) is 73.2 cm³/mol. The molecule has 6 nitrogen and oxygen atoms in total. The Kier molecular flexibility index (Phi) is 7.44. The number of rotatable bonds is 7. The second-order valence-electron chi connectivity index (χ2n) is 5.74. The van der Waals surface area contributed by atoms with Gasteiger partial charge >= 0.3 is 12.1 Å². The van der Waals surface area contributed by atoms with Gasteiger partial charge in [0.1, 0.15) is 11.6 Å². The number of likely N-dealkylation sites (N-methyl/N-ethyl adjacent to an activating group) is 1. The fraction of sp³-hybridized carbons (Fsp3) is 0.846. The first-order valence-electron chi connectivity index (χ1n) is 6.49. The molecule has 0 bridgehead atoms. The maximum Gasteiger partial charge on any atom is 0.407 e. The van der Waals surface area contributed by atoms with Gasteiger partial charge in [-0.1, -0.05) is 0 Å². The minimum absolute atomic E-state index is 0.435. The van der Waals surface area contributed by atoms with Crippen molar-refractivity contribution in [3.05, 3.63) is 0 Å². The summed E-state index contributed by atoms with van der Waals surface area (Å²) in [6.07, 6.45) is 1.61. The summed E-state index contributed by atoms with van der Waals surface area (Å²) in [6.45, 7) is 5.91. The standard InChI is InChI=1S/C13H26N2O4/c1-13(2,3)19-12(18)14-9-7-6-8-10(11(16)17)15(4)5/h10H,6-9H2,1-5H3,(H,14,18)(H,16,17). The van der Waals surface area contributed by atoms with E-state index in [2.05, 4.69) is 5.32 Å². The van der Waals surface area contributed by atoms with E-state index >= 15 is 0 Å². The number of carbonyl (C=O) groups excluding carboxylic acids is 1. The van der Waals surface area contributed by atoms with Gasteiger partial charge in [-0.15, -0.1) is 0 Å². The zero-order chi connectivity index (χ0) is 15.1. The Bertz CT molecular complexity index is 298. The lowest BCUT2D eigenvalue weighted by Gasteiger charge is -2.20. The quantitative estimate of drug-likeness (QED) is 0.691. The Morgan fingerprint density at radius 2 is 1.84 bits per heavy atom. The van der Waals surface area contributed by atoms with Crippen molar-refractivity contribution in [1.82, 2.24) is 10.2 Å². The molecule has 0 saturated heterocycles. The van der Waals surface area contributed by atoms with E-state index in [9.17, 15) is 9.59 Å². The Balaban J connectivity index is 3.76. The summed E-state index contributed by atoms with van der Waals surface area (Å²) < 4.78 is 5.09. The van der Waals surface area contributed by atoms with E-state index in [1.54, 1.807) is 39.8 Å². The maximum absolute atomic E-state index is 11.3. The minimum Gasteiger partial charge on any atom is -0.480 e. The lowest BCUT2D eigenvalue weighted by molar-refractivity contribution is -0.142. The van der Waals surface area contributed by atoms with Crippen LogP contribution in [0.4, 0.5) is 4.79 Å². The topological polar surface area (TPSA) is 78.9 Å². The maximum atomic E-state index is 11.3. The molecular weight excluding hydrogens is 248 g/mol. The molecule has 0 heterocycles. The van der Waals surface area contributed by atoms with Gasteiger partial charge < -0.3 is 15.2 Å². The summed E-state index contributed by atoms with van der Waals surface area (Å²) >= 11 is 0. The molecule has 1 amide bonds. The van der Waals surface area contributed by atoms with Gasteiger partial charge in [-0.3, -0.25) is 9.69 Å². The molecule has 19 heavy (non-hydrogen) atoms. The first-order valence-corrected chi connectivity index (χ1v) is 6.49. The van der Waals surface area contributed by atoms with Crippen LogP contribution in [0.5, 0.6) is 0 Å².